The molecule has 0 saturated carbocycles. The Labute approximate surface area is 107 Å². The summed E-state index contributed by atoms with van der Waals surface area (Å²) in [6, 6.07) is 4.05. The first kappa shape index (κ1) is 11.9. The minimum Gasteiger partial charge on any atom is -0.376 e. The molecule has 98 valence electrons. The number of nitrogens with one attached hydrogen (secondary N) is 1. The first-order valence-corrected chi connectivity index (χ1v) is 6.66. The fraction of sp³-hybridized carbons (Fsp3) is 0.643. The van der Waals surface area contributed by atoms with Gasteiger partial charge in [-0.1, -0.05) is 0 Å². The number of methoxy groups -OCH3 is 1. The summed E-state index contributed by atoms with van der Waals surface area (Å²) in [6.07, 6.45) is 6.29. The van der Waals surface area contributed by atoms with Gasteiger partial charge in [0.15, 0.2) is 5.72 Å². The first-order chi connectivity index (χ1) is 8.73. The molecule has 1 aromatic rings. The molecule has 0 bridgehead atoms. The predicted octanol–water partition coefficient (Wildman–Crippen LogP) is 2.51. The number of nitrogens with zero attached hydrogens (tertiary/aromatic N) is 1. The van der Waals surface area contributed by atoms with Gasteiger partial charge in [0, 0.05) is 19.7 Å². The van der Waals surface area contributed by atoms with Crippen molar-refractivity contribution in [2.24, 2.45) is 4.99 Å². The van der Waals surface area contributed by atoms with Crippen molar-refractivity contribution in [2.75, 3.05) is 7.11 Å². The standard InChI is InChI=1S/C14H20N2O2/c1-10-5-3-7-14(18-10)13(17-2)9-12(16-14)11-6-4-8-15-11/h4,6,8,10,13,15H,3,5,7,9H2,1-2H3/t10?,13-,14?/m0/s1. The predicted molar refractivity (Wildman–Crippen MR) is 69.9 cm³/mol. The van der Waals surface area contributed by atoms with E-state index in [4.69, 9.17) is 14.5 Å². The van der Waals surface area contributed by atoms with Gasteiger partial charge >= 0.3 is 0 Å². The molecule has 2 unspecified atom stereocenters. The molecule has 0 amide bonds. The Morgan fingerprint density at radius 1 is 1.56 bits per heavy atom. The van der Waals surface area contributed by atoms with Gasteiger partial charge in [0.1, 0.15) is 6.10 Å². The minimum absolute atomic E-state index is 0.0403. The van der Waals surface area contributed by atoms with Crippen LogP contribution in [0.4, 0.5) is 0 Å². The van der Waals surface area contributed by atoms with Crippen LogP contribution in [0.1, 0.15) is 38.3 Å². The largest absolute Gasteiger partial charge is 0.376 e. The van der Waals surface area contributed by atoms with E-state index in [2.05, 4.69) is 18.0 Å². The van der Waals surface area contributed by atoms with E-state index < -0.39 is 5.72 Å². The Bertz CT molecular complexity index is 441. The van der Waals surface area contributed by atoms with Gasteiger partial charge in [-0.25, -0.2) is 0 Å². The molecule has 1 spiro atoms. The monoisotopic (exact) mass is 248 g/mol. The lowest BCUT2D eigenvalue weighted by Crippen LogP contribution is -2.46. The van der Waals surface area contributed by atoms with Crippen molar-refractivity contribution in [3.05, 3.63) is 24.0 Å². The normalized spacial score (nSPS) is 36.0. The molecule has 1 aromatic heterocycles. The molecule has 3 rings (SSSR count). The van der Waals surface area contributed by atoms with Gasteiger partial charge in [-0.3, -0.25) is 4.99 Å². The summed E-state index contributed by atoms with van der Waals surface area (Å²) in [5.41, 5.74) is 1.70. The van der Waals surface area contributed by atoms with Crippen molar-refractivity contribution in [1.82, 2.24) is 4.98 Å². The van der Waals surface area contributed by atoms with Gasteiger partial charge in [-0.05, 0) is 38.3 Å². The lowest BCUT2D eigenvalue weighted by molar-refractivity contribution is -0.172. The maximum Gasteiger partial charge on any atom is 0.185 e. The second-order valence-electron chi connectivity index (χ2n) is 5.24. The van der Waals surface area contributed by atoms with Gasteiger partial charge in [-0.2, -0.15) is 0 Å². The molecule has 1 saturated heterocycles. The van der Waals surface area contributed by atoms with E-state index in [1.54, 1.807) is 7.11 Å². The number of aromatic nitrogens is 1. The maximum atomic E-state index is 6.14. The van der Waals surface area contributed by atoms with Crippen LogP contribution in [0.25, 0.3) is 0 Å². The number of aromatic amines is 1. The third-order valence-corrected chi connectivity index (χ3v) is 3.95. The van der Waals surface area contributed by atoms with Gasteiger partial charge in [0.2, 0.25) is 0 Å². The third-order valence-electron chi connectivity index (χ3n) is 3.95. The Balaban J connectivity index is 1.91. The van der Waals surface area contributed by atoms with E-state index in [0.717, 1.165) is 37.1 Å². The third kappa shape index (κ3) is 1.89. The maximum absolute atomic E-state index is 6.14. The first-order valence-electron chi connectivity index (χ1n) is 6.66. The second-order valence-corrected chi connectivity index (χ2v) is 5.24. The van der Waals surface area contributed by atoms with Gasteiger partial charge in [0.25, 0.3) is 0 Å². The quantitative estimate of drug-likeness (QED) is 0.874. The highest BCUT2D eigenvalue weighted by Gasteiger charge is 2.48. The summed E-state index contributed by atoms with van der Waals surface area (Å²) in [6.45, 7) is 2.12. The van der Waals surface area contributed by atoms with E-state index in [0.29, 0.717) is 0 Å². The fourth-order valence-corrected chi connectivity index (χ4v) is 3.06. The molecular weight excluding hydrogens is 228 g/mol. The smallest absolute Gasteiger partial charge is 0.185 e. The van der Waals surface area contributed by atoms with Crippen molar-refractivity contribution < 1.29 is 9.47 Å². The molecule has 0 radical (unpaired) electrons. The minimum atomic E-state index is -0.452. The Morgan fingerprint density at radius 3 is 3.11 bits per heavy atom. The van der Waals surface area contributed by atoms with E-state index in [-0.39, 0.29) is 12.2 Å². The molecule has 4 nitrogen and oxygen atoms in total. The Kier molecular flexibility index (Phi) is 2.99. The average molecular weight is 248 g/mol. The number of ether oxygens (including phenoxy) is 2. The van der Waals surface area contributed by atoms with Crippen LogP contribution in [0.3, 0.4) is 0 Å². The molecule has 2 aliphatic heterocycles. The lowest BCUT2D eigenvalue weighted by Gasteiger charge is -2.38. The van der Waals surface area contributed by atoms with Crippen LogP contribution in [0.2, 0.25) is 0 Å². The molecule has 3 atom stereocenters. The van der Waals surface area contributed by atoms with Crippen LogP contribution in [0, 0.1) is 0 Å². The SMILES string of the molecule is CO[C@H]1CC(c2ccc[nH]2)=NC12CCCC(C)O2. The van der Waals surface area contributed by atoms with Gasteiger partial charge in [-0.15, -0.1) is 0 Å². The van der Waals surface area contributed by atoms with Crippen LogP contribution < -0.4 is 0 Å². The van der Waals surface area contributed by atoms with Crippen LogP contribution in [-0.2, 0) is 9.47 Å². The second kappa shape index (κ2) is 4.52. The van der Waals surface area contributed by atoms with E-state index in [1.165, 1.54) is 0 Å². The van der Waals surface area contributed by atoms with Crippen molar-refractivity contribution in [3.63, 3.8) is 0 Å². The molecule has 3 heterocycles. The van der Waals surface area contributed by atoms with Crippen LogP contribution in [-0.4, -0.2) is 35.7 Å². The summed E-state index contributed by atoms with van der Waals surface area (Å²) in [7, 11) is 1.75. The highest BCUT2D eigenvalue weighted by atomic mass is 16.6. The number of aliphatic imine (C=N–C) groups is 1. The highest BCUT2D eigenvalue weighted by Crippen LogP contribution is 2.40. The number of hydrogen-bond acceptors (Lipinski definition) is 3. The summed E-state index contributed by atoms with van der Waals surface area (Å²) in [5, 5.41) is 0. The molecule has 1 fully saturated rings. The zero-order valence-electron chi connectivity index (χ0n) is 11.0. The van der Waals surface area contributed by atoms with Gasteiger partial charge in [0.05, 0.1) is 17.5 Å². The summed E-state index contributed by atoms with van der Waals surface area (Å²) in [4.78, 5) is 8.08. The van der Waals surface area contributed by atoms with Crippen molar-refractivity contribution in [1.29, 1.82) is 0 Å². The van der Waals surface area contributed by atoms with Gasteiger partial charge < -0.3 is 14.5 Å². The number of H-pyrrole nitrogens is 1. The van der Waals surface area contributed by atoms with Crippen molar-refractivity contribution >= 4 is 5.71 Å². The summed E-state index contributed by atoms with van der Waals surface area (Å²) >= 11 is 0. The topological polar surface area (TPSA) is 46.6 Å². The van der Waals surface area contributed by atoms with E-state index in [1.807, 2.05) is 12.3 Å². The summed E-state index contributed by atoms with van der Waals surface area (Å²) < 4.78 is 11.8. The molecule has 2 aliphatic rings. The number of hydrogen-bond donors (Lipinski definition) is 1. The Morgan fingerprint density at radius 2 is 2.44 bits per heavy atom. The fourth-order valence-electron chi connectivity index (χ4n) is 3.06. The van der Waals surface area contributed by atoms with Crippen molar-refractivity contribution in [3.8, 4) is 0 Å². The molecule has 0 aromatic carbocycles. The molecule has 18 heavy (non-hydrogen) atoms. The van der Waals surface area contributed by atoms with E-state index >= 15 is 0 Å². The van der Waals surface area contributed by atoms with Crippen molar-refractivity contribution in [2.45, 2.75) is 50.5 Å². The summed E-state index contributed by atoms with van der Waals surface area (Å²) in [5.74, 6) is 0. The zero-order valence-corrected chi connectivity index (χ0v) is 11.0. The van der Waals surface area contributed by atoms with Crippen LogP contribution in [0.5, 0.6) is 0 Å². The zero-order chi connectivity index (χ0) is 12.6. The Hall–Kier alpha value is -1.13. The van der Waals surface area contributed by atoms with Crippen LogP contribution in [0.15, 0.2) is 23.3 Å². The number of rotatable bonds is 2. The van der Waals surface area contributed by atoms with Crippen LogP contribution >= 0.6 is 0 Å². The van der Waals surface area contributed by atoms with E-state index in [9.17, 15) is 0 Å². The molecule has 4 heteroatoms. The molecule has 1 N–H and O–H groups in total. The molecular formula is C14H20N2O2. The molecule has 0 aliphatic carbocycles. The highest BCUT2D eigenvalue weighted by molar-refractivity contribution is 6.01. The lowest BCUT2D eigenvalue weighted by atomic mass is 9.95. The average Bonchev–Trinajstić information content (AvgIpc) is 2.96.